The van der Waals surface area contributed by atoms with Crippen LogP contribution in [0.15, 0.2) is 17.5 Å². The van der Waals surface area contributed by atoms with E-state index < -0.39 is 22.2 Å². The highest BCUT2D eigenvalue weighted by atomic mass is 32.2. The van der Waals surface area contributed by atoms with Crippen LogP contribution in [0.4, 0.5) is 13.2 Å². The van der Waals surface area contributed by atoms with Crippen molar-refractivity contribution in [1.82, 2.24) is 9.62 Å². The molecule has 164 valence electrons. The van der Waals surface area contributed by atoms with Gasteiger partial charge in [0.1, 0.15) is 0 Å². The molecule has 4 rings (SSSR count). The molecule has 0 bridgehead atoms. The van der Waals surface area contributed by atoms with Crippen molar-refractivity contribution in [2.45, 2.75) is 36.9 Å². The third-order valence-corrected chi connectivity index (χ3v) is 8.01. The van der Waals surface area contributed by atoms with E-state index in [-0.39, 0.29) is 11.4 Å². The Balaban J connectivity index is 0.000000298. The first-order valence-electron chi connectivity index (χ1n) is 9.21. The lowest BCUT2D eigenvalue weighted by Gasteiger charge is -2.19. The molecule has 29 heavy (non-hydrogen) atoms. The maximum Gasteiger partial charge on any atom is 0.490 e. The maximum absolute atomic E-state index is 12.0. The number of nitrogens with one attached hydrogen (secondary N) is 1. The highest BCUT2D eigenvalue weighted by Gasteiger charge is 2.44. The van der Waals surface area contributed by atoms with Gasteiger partial charge in [-0.2, -0.15) is 13.2 Å². The fourth-order valence-electron chi connectivity index (χ4n) is 3.56. The molecule has 3 heterocycles. The molecular formula is C17H23F3N2O5S2. The highest BCUT2D eigenvalue weighted by molar-refractivity contribution is 7.90. The van der Waals surface area contributed by atoms with Crippen LogP contribution in [0.25, 0.3) is 0 Å². The van der Waals surface area contributed by atoms with Gasteiger partial charge in [-0.3, -0.25) is 4.90 Å². The van der Waals surface area contributed by atoms with Crippen LogP contribution in [-0.2, 0) is 26.1 Å². The quantitative estimate of drug-likeness (QED) is 0.679. The van der Waals surface area contributed by atoms with Gasteiger partial charge < -0.3 is 9.84 Å². The zero-order valence-electron chi connectivity index (χ0n) is 15.5. The highest BCUT2D eigenvalue weighted by Crippen LogP contribution is 2.35. The minimum Gasteiger partial charge on any atom is -0.475 e. The second kappa shape index (κ2) is 8.88. The van der Waals surface area contributed by atoms with Crippen molar-refractivity contribution in [3.8, 4) is 0 Å². The summed E-state index contributed by atoms with van der Waals surface area (Å²) in [6.07, 6.45) is -3.18. The van der Waals surface area contributed by atoms with Crippen LogP contribution in [0, 0.1) is 11.8 Å². The van der Waals surface area contributed by atoms with E-state index in [1.807, 2.05) is 0 Å². The van der Waals surface area contributed by atoms with Gasteiger partial charge in [-0.05, 0) is 24.3 Å². The van der Waals surface area contributed by atoms with E-state index >= 15 is 0 Å². The maximum atomic E-state index is 12.0. The van der Waals surface area contributed by atoms with Crippen LogP contribution >= 0.6 is 11.3 Å². The van der Waals surface area contributed by atoms with Crippen LogP contribution in [-0.4, -0.2) is 68.2 Å². The molecular weight excluding hydrogens is 433 g/mol. The summed E-state index contributed by atoms with van der Waals surface area (Å²) < 4.78 is 64.4. The minimum atomic E-state index is -5.08. The summed E-state index contributed by atoms with van der Waals surface area (Å²) >= 11 is 1.79. The first-order chi connectivity index (χ1) is 13.6. The summed E-state index contributed by atoms with van der Waals surface area (Å²) in [4.78, 5) is 12.7. The SMILES string of the molecule is O=C(O)C(F)(F)F.O=S(=O)(NC[C@H]1CO[C@@H]2CN(Cc3cccs3)C[C@H]12)C1CC1. The fourth-order valence-corrected chi connectivity index (χ4v) is 5.75. The summed E-state index contributed by atoms with van der Waals surface area (Å²) in [6.45, 7) is 4.18. The van der Waals surface area contributed by atoms with E-state index in [2.05, 4.69) is 27.1 Å². The molecule has 2 saturated heterocycles. The Labute approximate surface area is 170 Å². The largest absolute Gasteiger partial charge is 0.490 e. The predicted octanol–water partition coefficient (Wildman–Crippen LogP) is 1.91. The van der Waals surface area contributed by atoms with Gasteiger partial charge >= 0.3 is 12.1 Å². The number of alkyl halides is 3. The molecule has 1 aliphatic carbocycles. The van der Waals surface area contributed by atoms with E-state index in [0.29, 0.717) is 25.0 Å². The standard InChI is InChI=1S/C15H22N2O3S2.C2HF3O2/c18-22(19,13-3-4-13)16-6-11-10-20-15-9-17(8-14(11)15)7-12-2-1-5-21-12;3-2(4,5)1(6)7/h1-2,5,11,13-16H,3-4,6-10H2;(H,6,7)/t11-,14+,15+;/m0./s1. The Morgan fingerprint density at radius 2 is 2.03 bits per heavy atom. The van der Waals surface area contributed by atoms with Crippen LogP contribution < -0.4 is 4.72 Å². The number of carboxylic acid groups (broad SMARTS) is 1. The monoisotopic (exact) mass is 456 g/mol. The van der Waals surface area contributed by atoms with E-state index in [0.717, 1.165) is 32.5 Å². The summed E-state index contributed by atoms with van der Waals surface area (Å²) in [5, 5.41) is 9.10. The Morgan fingerprint density at radius 3 is 2.59 bits per heavy atom. The number of ether oxygens (including phenoxy) is 1. The van der Waals surface area contributed by atoms with E-state index in [9.17, 15) is 21.6 Å². The van der Waals surface area contributed by atoms with Gasteiger partial charge in [-0.15, -0.1) is 11.3 Å². The van der Waals surface area contributed by atoms with Crippen molar-refractivity contribution in [2.24, 2.45) is 11.8 Å². The van der Waals surface area contributed by atoms with Gasteiger partial charge in [-0.25, -0.2) is 17.9 Å². The summed E-state index contributed by atoms with van der Waals surface area (Å²) in [7, 11) is -3.08. The van der Waals surface area contributed by atoms with Gasteiger partial charge in [-0.1, -0.05) is 6.07 Å². The van der Waals surface area contributed by atoms with Crippen molar-refractivity contribution in [1.29, 1.82) is 0 Å². The number of carboxylic acids is 1. The molecule has 0 radical (unpaired) electrons. The number of sulfonamides is 1. The topological polar surface area (TPSA) is 95.9 Å². The van der Waals surface area contributed by atoms with Crippen molar-refractivity contribution in [3.05, 3.63) is 22.4 Å². The molecule has 3 atom stereocenters. The molecule has 2 aliphatic heterocycles. The number of rotatable bonds is 6. The Morgan fingerprint density at radius 1 is 1.34 bits per heavy atom. The fraction of sp³-hybridized carbons (Fsp3) is 0.706. The lowest BCUT2D eigenvalue weighted by atomic mass is 9.93. The van der Waals surface area contributed by atoms with Crippen LogP contribution in [0.3, 0.4) is 0 Å². The van der Waals surface area contributed by atoms with Crippen molar-refractivity contribution in [3.63, 3.8) is 0 Å². The summed E-state index contributed by atoms with van der Waals surface area (Å²) in [6, 6.07) is 4.25. The zero-order chi connectivity index (χ0) is 21.2. The molecule has 2 N–H and O–H groups in total. The predicted molar refractivity (Wildman–Crippen MR) is 100.0 cm³/mol. The smallest absolute Gasteiger partial charge is 0.475 e. The number of likely N-dealkylation sites (tertiary alicyclic amines) is 1. The lowest BCUT2D eigenvalue weighted by Crippen LogP contribution is -2.35. The number of halogens is 3. The first-order valence-corrected chi connectivity index (χ1v) is 11.6. The Kier molecular flexibility index (Phi) is 6.88. The van der Waals surface area contributed by atoms with E-state index in [4.69, 9.17) is 14.6 Å². The van der Waals surface area contributed by atoms with E-state index in [1.165, 1.54) is 4.88 Å². The molecule has 12 heteroatoms. The van der Waals surface area contributed by atoms with Crippen molar-refractivity contribution < 1.29 is 36.2 Å². The molecule has 0 spiro atoms. The average molecular weight is 457 g/mol. The molecule has 0 aromatic carbocycles. The van der Waals surface area contributed by atoms with Crippen LogP contribution in [0.2, 0.25) is 0 Å². The van der Waals surface area contributed by atoms with Gasteiger partial charge in [0, 0.05) is 42.9 Å². The lowest BCUT2D eigenvalue weighted by molar-refractivity contribution is -0.192. The second-order valence-corrected chi connectivity index (χ2v) is 10.5. The van der Waals surface area contributed by atoms with Gasteiger partial charge in [0.2, 0.25) is 10.0 Å². The Bertz CT molecular complexity index is 796. The molecule has 7 nitrogen and oxygen atoms in total. The third-order valence-electron chi connectivity index (χ3n) is 5.23. The molecule has 1 aromatic heterocycles. The number of nitrogens with zero attached hydrogens (tertiary/aromatic N) is 1. The Hall–Kier alpha value is -1.21. The molecule has 0 amide bonds. The minimum absolute atomic E-state index is 0.135. The molecule has 3 fully saturated rings. The van der Waals surface area contributed by atoms with Gasteiger partial charge in [0.05, 0.1) is 18.0 Å². The van der Waals surface area contributed by atoms with Crippen molar-refractivity contribution >= 4 is 27.3 Å². The first kappa shape index (κ1) is 22.5. The molecule has 1 saturated carbocycles. The van der Waals surface area contributed by atoms with E-state index in [1.54, 1.807) is 11.3 Å². The number of carbonyl (C=O) groups is 1. The summed E-state index contributed by atoms with van der Waals surface area (Å²) in [5.74, 6) is -1.98. The molecule has 0 unspecified atom stereocenters. The van der Waals surface area contributed by atoms with Crippen LogP contribution in [0.1, 0.15) is 17.7 Å². The number of hydrogen-bond acceptors (Lipinski definition) is 6. The number of hydrogen-bond donors (Lipinski definition) is 2. The van der Waals surface area contributed by atoms with Gasteiger partial charge in [0.25, 0.3) is 0 Å². The normalized spacial score (nSPS) is 27.3. The molecule has 1 aromatic rings. The van der Waals surface area contributed by atoms with Crippen LogP contribution in [0.5, 0.6) is 0 Å². The number of thiophene rings is 1. The number of aliphatic carboxylic acids is 1. The number of fused-ring (bicyclic) bond motifs is 1. The van der Waals surface area contributed by atoms with Crippen molar-refractivity contribution in [2.75, 3.05) is 26.2 Å². The summed E-state index contributed by atoms with van der Waals surface area (Å²) in [5.41, 5.74) is 0. The second-order valence-electron chi connectivity index (χ2n) is 7.46. The average Bonchev–Trinajstić information content (AvgIpc) is 3.06. The molecule has 3 aliphatic rings. The zero-order valence-corrected chi connectivity index (χ0v) is 17.1. The van der Waals surface area contributed by atoms with Gasteiger partial charge in [0.15, 0.2) is 0 Å². The third kappa shape index (κ3) is 6.14.